The lowest BCUT2D eigenvalue weighted by molar-refractivity contribution is -0.132. The number of nitrogens with zero attached hydrogens (tertiary/aromatic N) is 2. The van der Waals surface area contributed by atoms with Crippen LogP contribution in [0.15, 0.2) is 30.5 Å². The zero-order valence-electron chi connectivity index (χ0n) is 16.7. The van der Waals surface area contributed by atoms with Gasteiger partial charge in [-0.25, -0.2) is 0 Å². The summed E-state index contributed by atoms with van der Waals surface area (Å²) in [5.41, 5.74) is 3.28. The number of rotatable bonds is 6. The molecule has 3 rings (SSSR count). The maximum atomic E-state index is 12.5. The highest BCUT2D eigenvalue weighted by molar-refractivity contribution is 5.79. The first kappa shape index (κ1) is 19.9. The zero-order valence-corrected chi connectivity index (χ0v) is 16.7. The number of piperidine rings is 1. The van der Waals surface area contributed by atoms with Gasteiger partial charge in [0.1, 0.15) is 5.75 Å². The molecule has 0 saturated carbocycles. The SMILES string of the molecule is COc1cccc(-c2cn[nH]c2C2CCN(C(=O)C[C@H](C)NC(C)=O)CC2)c1. The van der Waals surface area contributed by atoms with Crippen molar-refractivity contribution in [1.29, 1.82) is 0 Å². The fourth-order valence-electron chi connectivity index (χ4n) is 3.83. The van der Waals surface area contributed by atoms with E-state index in [0.29, 0.717) is 25.4 Å². The molecule has 1 aliphatic heterocycles. The molecular weight excluding hydrogens is 356 g/mol. The first-order valence-electron chi connectivity index (χ1n) is 9.70. The second-order valence-corrected chi connectivity index (χ2v) is 7.39. The van der Waals surface area contributed by atoms with Gasteiger partial charge in [0.2, 0.25) is 11.8 Å². The Hall–Kier alpha value is -2.83. The van der Waals surface area contributed by atoms with Gasteiger partial charge in [0, 0.05) is 49.7 Å². The normalized spacial score (nSPS) is 15.9. The summed E-state index contributed by atoms with van der Waals surface area (Å²) < 4.78 is 5.33. The molecule has 1 saturated heterocycles. The number of nitrogens with one attached hydrogen (secondary N) is 2. The topological polar surface area (TPSA) is 87.3 Å². The number of likely N-dealkylation sites (tertiary alicyclic amines) is 1. The second kappa shape index (κ2) is 8.91. The minimum Gasteiger partial charge on any atom is -0.497 e. The molecule has 7 nitrogen and oxygen atoms in total. The quantitative estimate of drug-likeness (QED) is 0.802. The van der Waals surface area contributed by atoms with Crippen molar-refractivity contribution >= 4 is 11.8 Å². The van der Waals surface area contributed by atoms with Crippen LogP contribution in [0.1, 0.15) is 44.7 Å². The van der Waals surface area contributed by atoms with Gasteiger partial charge in [0.15, 0.2) is 0 Å². The van der Waals surface area contributed by atoms with Crippen molar-refractivity contribution in [2.24, 2.45) is 0 Å². The van der Waals surface area contributed by atoms with Gasteiger partial charge >= 0.3 is 0 Å². The average molecular weight is 384 g/mol. The van der Waals surface area contributed by atoms with E-state index in [2.05, 4.69) is 21.6 Å². The van der Waals surface area contributed by atoms with E-state index < -0.39 is 0 Å². The van der Waals surface area contributed by atoms with Gasteiger partial charge in [0.05, 0.1) is 13.3 Å². The zero-order chi connectivity index (χ0) is 20.1. The van der Waals surface area contributed by atoms with Gasteiger partial charge in [-0.2, -0.15) is 5.10 Å². The Kier molecular flexibility index (Phi) is 6.34. The monoisotopic (exact) mass is 384 g/mol. The Morgan fingerprint density at radius 1 is 1.36 bits per heavy atom. The maximum absolute atomic E-state index is 12.5. The molecule has 1 aliphatic rings. The highest BCUT2D eigenvalue weighted by atomic mass is 16.5. The number of hydrogen-bond acceptors (Lipinski definition) is 4. The minimum absolute atomic E-state index is 0.0947. The molecule has 1 fully saturated rings. The number of hydrogen-bond donors (Lipinski definition) is 2. The minimum atomic E-state index is -0.144. The molecule has 150 valence electrons. The maximum Gasteiger partial charge on any atom is 0.224 e. The lowest BCUT2D eigenvalue weighted by Gasteiger charge is -2.32. The third kappa shape index (κ3) is 4.71. The predicted octanol–water partition coefficient (Wildman–Crippen LogP) is 2.71. The molecular formula is C21H28N4O3. The second-order valence-electron chi connectivity index (χ2n) is 7.39. The van der Waals surface area contributed by atoms with E-state index in [4.69, 9.17) is 4.74 Å². The van der Waals surface area contributed by atoms with E-state index in [1.807, 2.05) is 36.2 Å². The fraction of sp³-hybridized carbons (Fsp3) is 0.476. The Balaban J connectivity index is 1.62. The first-order chi connectivity index (χ1) is 13.5. The molecule has 28 heavy (non-hydrogen) atoms. The first-order valence-corrected chi connectivity index (χ1v) is 9.70. The van der Waals surface area contributed by atoms with Crippen molar-refractivity contribution in [3.05, 3.63) is 36.2 Å². The van der Waals surface area contributed by atoms with Crippen LogP contribution in [-0.2, 0) is 9.59 Å². The Bertz CT molecular complexity index is 825. The van der Waals surface area contributed by atoms with Gasteiger partial charge in [-0.05, 0) is 37.5 Å². The summed E-state index contributed by atoms with van der Waals surface area (Å²) in [7, 11) is 1.66. The number of H-pyrrole nitrogens is 1. The van der Waals surface area contributed by atoms with E-state index in [-0.39, 0.29) is 17.9 Å². The highest BCUT2D eigenvalue weighted by Gasteiger charge is 2.27. The van der Waals surface area contributed by atoms with Crippen LogP contribution in [0, 0.1) is 0 Å². The summed E-state index contributed by atoms with van der Waals surface area (Å²) in [5.74, 6) is 1.14. The fourth-order valence-corrected chi connectivity index (χ4v) is 3.83. The highest BCUT2D eigenvalue weighted by Crippen LogP contribution is 2.35. The molecule has 0 radical (unpaired) electrons. The van der Waals surface area contributed by atoms with Crippen LogP contribution in [0.5, 0.6) is 5.75 Å². The van der Waals surface area contributed by atoms with E-state index in [0.717, 1.165) is 35.4 Å². The molecule has 1 aromatic carbocycles. The van der Waals surface area contributed by atoms with Crippen LogP contribution in [0.3, 0.4) is 0 Å². The Morgan fingerprint density at radius 2 is 2.11 bits per heavy atom. The number of benzene rings is 1. The smallest absolute Gasteiger partial charge is 0.224 e. The van der Waals surface area contributed by atoms with Crippen LogP contribution < -0.4 is 10.1 Å². The van der Waals surface area contributed by atoms with E-state index in [9.17, 15) is 9.59 Å². The number of aromatic amines is 1. The summed E-state index contributed by atoms with van der Waals surface area (Å²) in [4.78, 5) is 25.5. The van der Waals surface area contributed by atoms with Crippen LogP contribution in [0.25, 0.3) is 11.1 Å². The van der Waals surface area contributed by atoms with Crippen LogP contribution in [0.2, 0.25) is 0 Å². The van der Waals surface area contributed by atoms with Gasteiger partial charge in [-0.15, -0.1) is 0 Å². The van der Waals surface area contributed by atoms with Gasteiger partial charge in [0.25, 0.3) is 0 Å². The third-order valence-electron chi connectivity index (χ3n) is 5.24. The van der Waals surface area contributed by atoms with Crippen molar-refractivity contribution < 1.29 is 14.3 Å². The summed E-state index contributed by atoms with van der Waals surface area (Å²) in [6, 6.07) is 7.82. The third-order valence-corrected chi connectivity index (χ3v) is 5.24. The average Bonchev–Trinajstić information content (AvgIpc) is 3.17. The van der Waals surface area contributed by atoms with Gasteiger partial charge in [-0.3, -0.25) is 14.7 Å². The lowest BCUT2D eigenvalue weighted by atomic mass is 9.89. The number of amides is 2. The molecule has 2 aromatic rings. The summed E-state index contributed by atoms with van der Waals surface area (Å²) in [5, 5.41) is 10.2. The van der Waals surface area contributed by atoms with Crippen LogP contribution in [-0.4, -0.2) is 53.2 Å². The summed E-state index contributed by atoms with van der Waals surface area (Å²) in [6.07, 6.45) is 3.97. The van der Waals surface area contributed by atoms with Gasteiger partial charge < -0.3 is 15.0 Å². The molecule has 2 N–H and O–H groups in total. The predicted molar refractivity (Wildman–Crippen MR) is 107 cm³/mol. The van der Waals surface area contributed by atoms with Crippen molar-refractivity contribution in [3.8, 4) is 16.9 Å². The summed E-state index contributed by atoms with van der Waals surface area (Å²) >= 11 is 0. The number of carbonyl (C=O) groups is 2. The number of carbonyl (C=O) groups excluding carboxylic acids is 2. The van der Waals surface area contributed by atoms with E-state index in [1.165, 1.54) is 6.92 Å². The lowest BCUT2D eigenvalue weighted by Crippen LogP contribution is -2.42. The van der Waals surface area contributed by atoms with E-state index in [1.54, 1.807) is 7.11 Å². The molecule has 0 bridgehead atoms. The Labute approximate surface area is 165 Å². The van der Waals surface area contributed by atoms with Crippen LogP contribution in [0.4, 0.5) is 0 Å². The molecule has 0 unspecified atom stereocenters. The Morgan fingerprint density at radius 3 is 2.79 bits per heavy atom. The molecule has 0 spiro atoms. The molecule has 1 atom stereocenters. The van der Waals surface area contributed by atoms with Gasteiger partial charge in [-0.1, -0.05) is 12.1 Å². The van der Waals surface area contributed by atoms with Crippen LogP contribution >= 0.6 is 0 Å². The molecule has 0 aliphatic carbocycles. The number of methoxy groups -OCH3 is 1. The molecule has 7 heteroatoms. The van der Waals surface area contributed by atoms with Crippen molar-refractivity contribution in [3.63, 3.8) is 0 Å². The number of ether oxygens (including phenoxy) is 1. The molecule has 2 amide bonds. The van der Waals surface area contributed by atoms with Crippen molar-refractivity contribution in [2.45, 2.75) is 45.1 Å². The molecule has 1 aromatic heterocycles. The van der Waals surface area contributed by atoms with E-state index >= 15 is 0 Å². The van der Waals surface area contributed by atoms with Crippen molar-refractivity contribution in [1.82, 2.24) is 20.4 Å². The summed E-state index contributed by atoms with van der Waals surface area (Å²) in [6.45, 7) is 4.76. The molecule has 2 heterocycles. The standard InChI is InChI=1S/C21H28N4O3/c1-14(23-15(2)26)11-20(27)25-9-7-16(8-10-25)21-19(13-22-24-21)17-5-4-6-18(12-17)28-3/h4-6,12-14,16H,7-11H2,1-3H3,(H,22,24)(H,23,26)/t14-/m0/s1. The number of aromatic nitrogens is 2. The van der Waals surface area contributed by atoms with Crippen molar-refractivity contribution in [2.75, 3.05) is 20.2 Å². The largest absolute Gasteiger partial charge is 0.497 e.